The molecule has 38 heavy (non-hydrogen) atoms. The second kappa shape index (κ2) is 10.9. The number of anilines is 2. The third-order valence-corrected chi connectivity index (χ3v) is 8.01. The van der Waals surface area contributed by atoms with Crippen molar-refractivity contribution in [1.29, 1.82) is 0 Å². The van der Waals surface area contributed by atoms with Gasteiger partial charge in [0, 0.05) is 53.7 Å². The highest BCUT2D eigenvalue weighted by Gasteiger charge is 2.22. The van der Waals surface area contributed by atoms with E-state index in [1.165, 1.54) is 30.6 Å². The van der Waals surface area contributed by atoms with Crippen LogP contribution >= 0.6 is 23.2 Å². The van der Waals surface area contributed by atoms with Crippen LogP contribution in [0, 0.1) is 0 Å². The Kier molecular flexibility index (Phi) is 7.55. The Balaban J connectivity index is 1.43. The smallest absolute Gasteiger partial charge is 0.261 e. The molecule has 13 heteroatoms. The molecule has 1 aliphatic rings. The summed E-state index contributed by atoms with van der Waals surface area (Å²) in [7, 11) is -4.01. The number of carbonyl (C=O) groups is 1. The first-order valence-electron chi connectivity index (χ1n) is 11.7. The number of ether oxygens (including phenoxy) is 1. The molecule has 2 aromatic heterocycles. The standard InChI is InChI=1S/C25H24Cl2N6O4S/c26-17-11-18(27)13-20(12-17)38(35,36)31-19-3-1-2-16(10-19)23(34)21-14-33(5-4-32-6-8-37-9-7-32)25-22(21)24(28)29-15-30-25/h1-3,10-15,31H,4-9H2,(H2,28,29,30). The second-order valence-electron chi connectivity index (χ2n) is 8.77. The number of carbonyl (C=O) groups excluding carboxylic acids is 1. The van der Waals surface area contributed by atoms with E-state index in [9.17, 15) is 13.2 Å². The number of aromatic nitrogens is 3. The summed E-state index contributed by atoms with van der Waals surface area (Å²) >= 11 is 11.9. The van der Waals surface area contributed by atoms with Crippen molar-refractivity contribution in [3.8, 4) is 0 Å². The van der Waals surface area contributed by atoms with Crippen molar-refractivity contribution < 1.29 is 17.9 Å². The van der Waals surface area contributed by atoms with Crippen LogP contribution in [0.25, 0.3) is 11.0 Å². The van der Waals surface area contributed by atoms with Gasteiger partial charge in [0.1, 0.15) is 17.8 Å². The van der Waals surface area contributed by atoms with Crippen LogP contribution in [-0.4, -0.2) is 66.5 Å². The first kappa shape index (κ1) is 26.4. The molecule has 3 N–H and O–H groups in total. The van der Waals surface area contributed by atoms with Gasteiger partial charge in [-0.2, -0.15) is 0 Å². The van der Waals surface area contributed by atoms with Crippen LogP contribution in [0.3, 0.4) is 0 Å². The summed E-state index contributed by atoms with van der Waals surface area (Å²) in [4.78, 5) is 24.3. The fraction of sp³-hybridized carbons (Fsp3) is 0.240. The molecule has 3 heterocycles. The van der Waals surface area contributed by atoms with Gasteiger partial charge in [-0.25, -0.2) is 18.4 Å². The number of nitrogens with one attached hydrogen (secondary N) is 1. The predicted molar refractivity (Wildman–Crippen MR) is 146 cm³/mol. The largest absolute Gasteiger partial charge is 0.383 e. The fourth-order valence-electron chi connectivity index (χ4n) is 4.34. The number of sulfonamides is 1. The number of morpholine rings is 1. The normalized spacial score (nSPS) is 14.6. The molecular weight excluding hydrogens is 551 g/mol. The van der Waals surface area contributed by atoms with Crippen LogP contribution in [0.5, 0.6) is 0 Å². The molecule has 0 amide bonds. The first-order chi connectivity index (χ1) is 18.2. The van der Waals surface area contributed by atoms with Crippen LogP contribution in [0.1, 0.15) is 15.9 Å². The molecule has 0 bridgehead atoms. The Hall–Kier alpha value is -3.22. The molecule has 0 spiro atoms. The summed E-state index contributed by atoms with van der Waals surface area (Å²) in [6.45, 7) is 4.42. The van der Waals surface area contributed by atoms with Crippen LogP contribution in [0.2, 0.25) is 10.0 Å². The van der Waals surface area contributed by atoms with Crippen molar-refractivity contribution >= 4 is 61.5 Å². The lowest BCUT2D eigenvalue weighted by Crippen LogP contribution is -2.38. The number of halogens is 2. The molecule has 1 fully saturated rings. The fourth-order valence-corrected chi connectivity index (χ4v) is 6.12. The van der Waals surface area contributed by atoms with Crippen LogP contribution in [0.4, 0.5) is 11.5 Å². The van der Waals surface area contributed by atoms with Gasteiger partial charge in [0.15, 0.2) is 5.78 Å². The van der Waals surface area contributed by atoms with Gasteiger partial charge >= 0.3 is 0 Å². The van der Waals surface area contributed by atoms with Gasteiger partial charge < -0.3 is 15.0 Å². The van der Waals surface area contributed by atoms with E-state index in [-0.39, 0.29) is 37.8 Å². The van der Waals surface area contributed by atoms with E-state index in [1.807, 2.05) is 4.57 Å². The quantitative estimate of drug-likeness (QED) is 0.304. The van der Waals surface area contributed by atoms with Gasteiger partial charge in [-0.05, 0) is 30.3 Å². The molecular formula is C25H24Cl2N6O4S. The minimum atomic E-state index is -4.01. The first-order valence-corrected chi connectivity index (χ1v) is 14.0. The number of ketones is 1. The number of nitrogens with zero attached hydrogens (tertiary/aromatic N) is 4. The molecule has 0 saturated carbocycles. The zero-order valence-electron chi connectivity index (χ0n) is 20.1. The summed E-state index contributed by atoms with van der Waals surface area (Å²) in [5, 5.41) is 0.831. The van der Waals surface area contributed by atoms with Crippen molar-refractivity contribution in [2.24, 2.45) is 0 Å². The van der Waals surface area contributed by atoms with Crippen molar-refractivity contribution in [2.75, 3.05) is 43.3 Å². The minimum Gasteiger partial charge on any atom is -0.383 e. The Bertz CT molecular complexity index is 1600. The maximum absolute atomic E-state index is 13.6. The highest BCUT2D eigenvalue weighted by atomic mass is 35.5. The molecule has 198 valence electrons. The molecule has 0 unspecified atom stereocenters. The SMILES string of the molecule is Nc1ncnc2c1c(C(=O)c1cccc(NS(=O)(=O)c3cc(Cl)cc(Cl)c3)c1)cn2CCN1CCOCC1. The monoisotopic (exact) mass is 574 g/mol. The van der Waals surface area contributed by atoms with E-state index < -0.39 is 10.0 Å². The van der Waals surface area contributed by atoms with E-state index in [0.29, 0.717) is 36.4 Å². The molecule has 1 saturated heterocycles. The average molecular weight is 575 g/mol. The predicted octanol–water partition coefficient (Wildman–Crippen LogP) is 3.68. The number of benzene rings is 2. The second-order valence-corrected chi connectivity index (χ2v) is 11.3. The third kappa shape index (κ3) is 5.62. The number of nitrogen functional groups attached to an aromatic ring is 1. The maximum atomic E-state index is 13.6. The highest BCUT2D eigenvalue weighted by molar-refractivity contribution is 7.92. The van der Waals surface area contributed by atoms with Gasteiger partial charge in [-0.3, -0.25) is 14.4 Å². The van der Waals surface area contributed by atoms with Crippen molar-refractivity contribution in [2.45, 2.75) is 11.4 Å². The van der Waals surface area contributed by atoms with Gasteiger partial charge in [0.05, 0.1) is 29.1 Å². The molecule has 0 aliphatic carbocycles. The zero-order valence-corrected chi connectivity index (χ0v) is 22.4. The third-order valence-electron chi connectivity index (χ3n) is 6.21. The van der Waals surface area contributed by atoms with E-state index in [4.69, 9.17) is 33.7 Å². The Morgan fingerprint density at radius 3 is 2.53 bits per heavy atom. The number of fused-ring (bicyclic) bond motifs is 1. The maximum Gasteiger partial charge on any atom is 0.261 e. The van der Waals surface area contributed by atoms with E-state index >= 15 is 0 Å². The summed E-state index contributed by atoms with van der Waals surface area (Å²) in [6, 6.07) is 10.2. The Morgan fingerprint density at radius 2 is 1.79 bits per heavy atom. The van der Waals surface area contributed by atoms with Crippen LogP contribution in [-0.2, 0) is 21.3 Å². The molecule has 0 atom stereocenters. The zero-order chi connectivity index (χ0) is 26.9. The Labute approximate surface area is 229 Å². The number of nitrogens with two attached hydrogens (primary N) is 1. The van der Waals surface area contributed by atoms with E-state index in [0.717, 1.165) is 19.6 Å². The molecule has 5 rings (SSSR count). The molecule has 4 aromatic rings. The van der Waals surface area contributed by atoms with Gasteiger partial charge in [-0.15, -0.1) is 0 Å². The lowest BCUT2D eigenvalue weighted by molar-refractivity contribution is 0.0365. The van der Waals surface area contributed by atoms with E-state index in [1.54, 1.807) is 24.4 Å². The lowest BCUT2D eigenvalue weighted by Gasteiger charge is -2.26. The topological polar surface area (TPSA) is 132 Å². The van der Waals surface area contributed by atoms with Gasteiger partial charge in [0.25, 0.3) is 10.0 Å². The summed E-state index contributed by atoms with van der Waals surface area (Å²) in [6.07, 6.45) is 3.10. The van der Waals surface area contributed by atoms with E-state index in [2.05, 4.69) is 19.6 Å². The van der Waals surface area contributed by atoms with Gasteiger partial charge in [0.2, 0.25) is 0 Å². The molecule has 1 aliphatic heterocycles. The van der Waals surface area contributed by atoms with Crippen molar-refractivity contribution in [3.63, 3.8) is 0 Å². The van der Waals surface area contributed by atoms with Crippen molar-refractivity contribution in [3.05, 3.63) is 76.2 Å². The molecule has 2 aromatic carbocycles. The number of hydrogen-bond donors (Lipinski definition) is 2. The Morgan fingerprint density at radius 1 is 1.05 bits per heavy atom. The average Bonchev–Trinajstić information content (AvgIpc) is 3.27. The molecule has 10 nitrogen and oxygen atoms in total. The number of hydrogen-bond acceptors (Lipinski definition) is 8. The minimum absolute atomic E-state index is 0.0972. The van der Waals surface area contributed by atoms with Gasteiger partial charge in [-0.1, -0.05) is 35.3 Å². The van der Waals surface area contributed by atoms with Crippen LogP contribution in [0.15, 0.2) is 59.9 Å². The highest BCUT2D eigenvalue weighted by Crippen LogP contribution is 2.28. The summed E-state index contributed by atoms with van der Waals surface area (Å²) in [5.74, 6) is -0.147. The summed E-state index contributed by atoms with van der Waals surface area (Å²) < 4.78 is 35.6. The lowest BCUT2D eigenvalue weighted by atomic mass is 10.0. The summed E-state index contributed by atoms with van der Waals surface area (Å²) in [5.41, 5.74) is 7.53. The van der Waals surface area contributed by atoms with Crippen LogP contribution < -0.4 is 10.5 Å². The number of rotatable bonds is 8. The van der Waals surface area contributed by atoms with Crippen molar-refractivity contribution in [1.82, 2.24) is 19.4 Å². The molecule has 0 radical (unpaired) electrons.